The Balaban J connectivity index is 2.39. The van der Waals surface area contributed by atoms with Gasteiger partial charge < -0.3 is 10.0 Å². The van der Waals surface area contributed by atoms with E-state index >= 15 is 0 Å². The summed E-state index contributed by atoms with van der Waals surface area (Å²) < 4.78 is 37.9. The highest BCUT2D eigenvalue weighted by molar-refractivity contribution is 7.98. The molecule has 2 rings (SSSR count). The summed E-state index contributed by atoms with van der Waals surface area (Å²) in [6.45, 7) is 4.12. The summed E-state index contributed by atoms with van der Waals surface area (Å²) >= 11 is 1.56. The minimum atomic E-state index is -4.69. The van der Waals surface area contributed by atoms with Gasteiger partial charge in [0.15, 0.2) is 6.10 Å². The van der Waals surface area contributed by atoms with Crippen LogP contribution < -0.4 is 4.90 Å². The summed E-state index contributed by atoms with van der Waals surface area (Å²) in [6, 6.07) is 4.10. The maximum Gasteiger partial charge on any atom is 0.418 e. The van der Waals surface area contributed by atoms with E-state index in [1.165, 1.54) is 18.2 Å². The van der Waals surface area contributed by atoms with E-state index in [1.54, 1.807) is 30.5 Å². The zero-order valence-corrected chi connectivity index (χ0v) is 13.2. The molecule has 0 aliphatic carbocycles. The lowest BCUT2D eigenvalue weighted by atomic mass is 10.0. The van der Waals surface area contributed by atoms with Crippen molar-refractivity contribution < 1.29 is 23.1 Å². The Morgan fingerprint density at radius 3 is 2.64 bits per heavy atom. The van der Waals surface area contributed by atoms with Crippen LogP contribution in [-0.2, 0) is 10.5 Å². The average Bonchev–Trinajstić information content (AvgIpc) is 2.66. The molecule has 3 nitrogen and oxygen atoms in total. The first kappa shape index (κ1) is 17.1. The van der Waals surface area contributed by atoms with Crippen molar-refractivity contribution in [1.82, 2.24) is 0 Å². The van der Waals surface area contributed by atoms with Gasteiger partial charge in [0.25, 0.3) is 0 Å². The van der Waals surface area contributed by atoms with Crippen molar-refractivity contribution in [3.63, 3.8) is 0 Å². The number of hydrogen-bond acceptors (Lipinski definition) is 3. The second kappa shape index (κ2) is 6.50. The lowest BCUT2D eigenvalue weighted by molar-refractivity contribution is -0.206. The van der Waals surface area contributed by atoms with E-state index < -0.39 is 12.3 Å². The molecule has 0 aromatic heterocycles. The first-order valence-electron chi connectivity index (χ1n) is 6.98. The molecular formula is C15H18F3NO2S. The molecule has 22 heavy (non-hydrogen) atoms. The standard InChI is InChI=1S/C15H18F3NO2S/c1-9(2)14(21)19-5-6-22-8-11-7-10(3-4-12(11)19)13(20)15(16,17)18/h3-4,7,9,13,20H,5-6,8H2,1-2H3. The van der Waals surface area contributed by atoms with Gasteiger partial charge in [-0.1, -0.05) is 19.9 Å². The van der Waals surface area contributed by atoms with Crippen LogP contribution in [0.15, 0.2) is 18.2 Å². The number of aliphatic hydroxyl groups is 1. The van der Waals surface area contributed by atoms with Gasteiger partial charge in [-0.05, 0) is 23.3 Å². The number of aliphatic hydroxyl groups excluding tert-OH is 1. The molecule has 122 valence electrons. The Morgan fingerprint density at radius 2 is 2.05 bits per heavy atom. The lowest BCUT2D eigenvalue weighted by Gasteiger charge is -2.25. The Bertz CT molecular complexity index is 560. The number of rotatable bonds is 2. The number of carbonyl (C=O) groups excluding carboxylic acids is 1. The fourth-order valence-corrected chi connectivity index (χ4v) is 3.25. The molecule has 0 saturated carbocycles. The van der Waals surface area contributed by atoms with Crippen LogP contribution in [0.25, 0.3) is 0 Å². The van der Waals surface area contributed by atoms with E-state index in [9.17, 15) is 23.1 Å². The fraction of sp³-hybridized carbons (Fsp3) is 0.533. The van der Waals surface area contributed by atoms with Crippen LogP contribution in [-0.4, -0.2) is 29.5 Å². The molecule has 1 unspecified atom stereocenters. The van der Waals surface area contributed by atoms with E-state index in [1.807, 2.05) is 0 Å². The molecule has 1 aromatic rings. The van der Waals surface area contributed by atoms with Crippen molar-refractivity contribution in [3.05, 3.63) is 29.3 Å². The van der Waals surface area contributed by atoms with Gasteiger partial charge in [-0.25, -0.2) is 0 Å². The molecule has 0 spiro atoms. The Morgan fingerprint density at radius 1 is 1.36 bits per heavy atom. The highest BCUT2D eigenvalue weighted by Crippen LogP contribution is 2.36. The third-order valence-corrected chi connectivity index (χ3v) is 4.48. The van der Waals surface area contributed by atoms with Gasteiger partial charge in [0, 0.05) is 29.7 Å². The predicted molar refractivity (Wildman–Crippen MR) is 80.8 cm³/mol. The number of hydrogen-bond donors (Lipinski definition) is 1. The summed E-state index contributed by atoms with van der Waals surface area (Å²) in [5, 5.41) is 9.38. The highest BCUT2D eigenvalue weighted by atomic mass is 32.2. The minimum Gasteiger partial charge on any atom is -0.379 e. The highest BCUT2D eigenvalue weighted by Gasteiger charge is 2.39. The molecule has 1 N–H and O–H groups in total. The maximum absolute atomic E-state index is 12.6. The molecule has 0 fully saturated rings. The summed E-state index contributed by atoms with van der Waals surface area (Å²) in [7, 11) is 0. The van der Waals surface area contributed by atoms with Crippen LogP contribution in [0.4, 0.5) is 18.9 Å². The zero-order chi connectivity index (χ0) is 16.5. The van der Waals surface area contributed by atoms with Crippen LogP contribution in [0.1, 0.15) is 31.1 Å². The van der Waals surface area contributed by atoms with Gasteiger partial charge in [0.05, 0.1) is 0 Å². The van der Waals surface area contributed by atoms with E-state index in [-0.39, 0.29) is 17.4 Å². The predicted octanol–water partition coefficient (Wildman–Crippen LogP) is 3.52. The molecule has 1 aliphatic heterocycles. The topological polar surface area (TPSA) is 40.5 Å². The Kier molecular flexibility index (Phi) is 5.07. The second-order valence-corrected chi connectivity index (χ2v) is 6.63. The minimum absolute atomic E-state index is 0.0483. The number of nitrogens with zero attached hydrogens (tertiary/aromatic N) is 1. The molecule has 1 aliphatic rings. The summed E-state index contributed by atoms with van der Waals surface area (Å²) in [6.07, 6.45) is -7.19. The van der Waals surface area contributed by atoms with Crippen LogP contribution >= 0.6 is 11.8 Å². The van der Waals surface area contributed by atoms with Gasteiger partial charge in [-0.15, -0.1) is 0 Å². The number of alkyl halides is 3. The number of anilines is 1. The van der Waals surface area contributed by atoms with Gasteiger partial charge in [0.1, 0.15) is 0 Å². The normalized spacial score (nSPS) is 17.1. The fourth-order valence-electron chi connectivity index (χ4n) is 2.34. The van der Waals surface area contributed by atoms with E-state index in [0.29, 0.717) is 23.5 Å². The molecule has 0 saturated heterocycles. The number of carbonyl (C=O) groups is 1. The lowest BCUT2D eigenvalue weighted by Crippen LogP contribution is -2.36. The molecule has 1 heterocycles. The summed E-state index contributed by atoms with van der Waals surface area (Å²) in [5.41, 5.74) is 1.10. The van der Waals surface area contributed by atoms with Gasteiger partial charge in [-0.2, -0.15) is 24.9 Å². The van der Waals surface area contributed by atoms with Gasteiger partial charge >= 0.3 is 6.18 Å². The second-order valence-electron chi connectivity index (χ2n) is 5.53. The number of benzene rings is 1. The van der Waals surface area contributed by atoms with Gasteiger partial charge in [-0.3, -0.25) is 4.79 Å². The molecule has 1 atom stereocenters. The van der Waals surface area contributed by atoms with Crippen LogP contribution in [0, 0.1) is 5.92 Å². The van der Waals surface area contributed by atoms with Crippen molar-refractivity contribution in [2.45, 2.75) is 31.9 Å². The number of halogens is 3. The Hall–Kier alpha value is -1.21. The summed E-state index contributed by atoms with van der Waals surface area (Å²) in [4.78, 5) is 13.9. The quantitative estimate of drug-likeness (QED) is 0.900. The number of thioether (sulfide) groups is 1. The molecule has 0 radical (unpaired) electrons. The molecule has 0 bridgehead atoms. The average molecular weight is 333 g/mol. The van der Waals surface area contributed by atoms with Crippen LogP contribution in [0.2, 0.25) is 0 Å². The largest absolute Gasteiger partial charge is 0.418 e. The van der Waals surface area contributed by atoms with Crippen LogP contribution in [0.3, 0.4) is 0 Å². The molecule has 7 heteroatoms. The van der Waals surface area contributed by atoms with E-state index in [4.69, 9.17) is 0 Å². The third-order valence-electron chi connectivity index (χ3n) is 3.50. The van der Waals surface area contributed by atoms with E-state index in [0.717, 1.165) is 5.75 Å². The molecular weight excluding hydrogens is 315 g/mol. The van der Waals surface area contributed by atoms with Gasteiger partial charge in [0.2, 0.25) is 5.91 Å². The maximum atomic E-state index is 12.6. The zero-order valence-electron chi connectivity index (χ0n) is 12.4. The monoisotopic (exact) mass is 333 g/mol. The molecule has 1 amide bonds. The summed E-state index contributed by atoms with van der Waals surface area (Å²) in [5.74, 6) is 1.02. The first-order valence-corrected chi connectivity index (χ1v) is 8.14. The van der Waals surface area contributed by atoms with Crippen molar-refractivity contribution in [2.75, 3.05) is 17.2 Å². The smallest absolute Gasteiger partial charge is 0.379 e. The van der Waals surface area contributed by atoms with Crippen LogP contribution in [0.5, 0.6) is 0 Å². The number of amides is 1. The van der Waals surface area contributed by atoms with Crippen molar-refractivity contribution in [1.29, 1.82) is 0 Å². The SMILES string of the molecule is CC(C)C(=O)N1CCSCc2cc(C(O)C(F)(F)F)ccc21. The molecule has 1 aromatic carbocycles. The van der Waals surface area contributed by atoms with E-state index in [2.05, 4.69) is 0 Å². The Labute approximate surface area is 131 Å². The van der Waals surface area contributed by atoms with Crippen molar-refractivity contribution >= 4 is 23.4 Å². The van der Waals surface area contributed by atoms with Crippen molar-refractivity contribution in [3.8, 4) is 0 Å². The first-order chi connectivity index (χ1) is 10.2. The third kappa shape index (κ3) is 3.57. The van der Waals surface area contributed by atoms with Crippen molar-refractivity contribution in [2.24, 2.45) is 5.92 Å². The number of fused-ring (bicyclic) bond motifs is 1.